The number of benzene rings is 1. The van der Waals surface area contributed by atoms with Gasteiger partial charge in [-0.15, -0.1) is 12.4 Å². The van der Waals surface area contributed by atoms with Crippen LogP contribution < -0.4 is 15.8 Å². The smallest absolute Gasteiger partial charge is 0.227 e. The highest BCUT2D eigenvalue weighted by Crippen LogP contribution is 2.27. The first-order chi connectivity index (χ1) is 12.1. The minimum atomic E-state index is 0. The van der Waals surface area contributed by atoms with Crippen molar-refractivity contribution in [3.63, 3.8) is 0 Å². The van der Waals surface area contributed by atoms with Crippen LogP contribution in [0.15, 0.2) is 18.2 Å². The third-order valence-electron chi connectivity index (χ3n) is 5.36. The van der Waals surface area contributed by atoms with Gasteiger partial charge in [-0.2, -0.15) is 0 Å². The number of halogens is 1. The van der Waals surface area contributed by atoms with E-state index in [0.717, 1.165) is 68.7 Å². The summed E-state index contributed by atoms with van der Waals surface area (Å²) < 4.78 is 11.4. The van der Waals surface area contributed by atoms with Gasteiger partial charge in [-0.1, -0.05) is 12.5 Å². The average Bonchev–Trinajstić information content (AvgIpc) is 2.63. The zero-order chi connectivity index (χ0) is 17.6. The molecule has 146 valence electrons. The van der Waals surface area contributed by atoms with E-state index < -0.39 is 0 Å². The molecule has 5 nitrogen and oxygen atoms in total. The SMILES string of the molecule is Cc1ccc(NC(=O)C2CCCC(N)C2)cc1OCC1CCOCC1.Cl. The van der Waals surface area contributed by atoms with Gasteiger partial charge in [0.15, 0.2) is 0 Å². The molecule has 2 aliphatic rings. The predicted molar refractivity (Wildman–Crippen MR) is 106 cm³/mol. The van der Waals surface area contributed by atoms with Crippen molar-refractivity contribution in [2.24, 2.45) is 17.6 Å². The lowest BCUT2D eigenvalue weighted by molar-refractivity contribution is -0.120. The van der Waals surface area contributed by atoms with Gasteiger partial charge < -0.3 is 20.5 Å². The highest BCUT2D eigenvalue weighted by atomic mass is 35.5. The Bertz CT molecular complexity index is 590. The van der Waals surface area contributed by atoms with Crippen LogP contribution in [0, 0.1) is 18.8 Å². The number of nitrogens with two attached hydrogens (primary N) is 1. The first kappa shape index (κ1) is 21.0. The van der Waals surface area contributed by atoms with Gasteiger partial charge in [0.25, 0.3) is 0 Å². The van der Waals surface area contributed by atoms with Crippen molar-refractivity contribution in [1.82, 2.24) is 0 Å². The second-order valence-electron chi connectivity index (χ2n) is 7.46. The van der Waals surface area contributed by atoms with E-state index in [1.165, 1.54) is 0 Å². The number of hydrogen-bond donors (Lipinski definition) is 2. The second kappa shape index (κ2) is 10.1. The topological polar surface area (TPSA) is 73.6 Å². The van der Waals surface area contributed by atoms with Gasteiger partial charge in [0.2, 0.25) is 5.91 Å². The van der Waals surface area contributed by atoms with E-state index in [0.29, 0.717) is 12.5 Å². The molecule has 1 aliphatic heterocycles. The Kier molecular flexibility index (Phi) is 8.19. The van der Waals surface area contributed by atoms with Crippen molar-refractivity contribution in [3.05, 3.63) is 23.8 Å². The van der Waals surface area contributed by atoms with E-state index in [-0.39, 0.29) is 30.3 Å². The molecule has 3 rings (SSSR count). The van der Waals surface area contributed by atoms with E-state index >= 15 is 0 Å². The predicted octanol–water partition coefficient (Wildman–Crippen LogP) is 3.68. The zero-order valence-electron chi connectivity index (χ0n) is 15.5. The maximum Gasteiger partial charge on any atom is 0.227 e. The quantitative estimate of drug-likeness (QED) is 0.814. The Morgan fingerprint density at radius 3 is 2.77 bits per heavy atom. The highest BCUT2D eigenvalue weighted by Gasteiger charge is 2.25. The van der Waals surface area contributed by atoms with Crippen LogP contribution in [0.4, 0.5) is 5.69 Å². The number of amides is 1. The number of carbonyl (C=O) groups is 1. The van der Waals surface area contributed by atoms with Gasteiger partial charge in [0.05, 0.1) is 6.61 Å². The molecular weight excluding hydrogens is 352 g/mol. The van der Waals surface area contributed by atoms with Crippen LogP contribution in [0.5, 0.6) is 5.75 Å². The number of aryl methyl sites for hydroxylation is 1. The Labute approximate surface area is 162 Å². The monoisotopic (exact) mass is 382 g/mol. The van der Waals surface area contributed by atoms with Crippen LogP contribution in [0.1, 0.15) is 44.1 Å². The molecule has 26 heavy (non-hydrogen) atoms. The summed E-state index contributed by atoms with van der Waals surface area (Å²) in [6.45, 7) is 4.39. The molecule has 0 spiro atoms. The normalized spacial score (nSPS) is 23.8. The summed E-state index contributed by atoms with van der Waals surface area (Å²) in [6.07, 6.45) is 5.88. The summed E-state index contributed by atoms with van der Waals surface area (Å²) in [5.74, 6) is 1.51. The first-order valence-corrected chi connectivity index (χ1v) is 9.49. The van der Waals surface area contributed by atoms with E-state index in [1.54, 1.807) is 0 Å². The van der Waals surface area contributed by atoms with Gasteiger partial charge in [0.1, 0.15) is 5.75 Å². The molecule has 1 aromatic carbocycles. The van der Waals surface area contributed by atoms with Gasteiger partial charge in [0, 0.05) is 36.9 Å². The molecule has 6 heteroatoms. The largest absolute Gasteiger partial charge is 0.493 e. The molecule has 1 aromatic rings. The number of hydrogen-bond acceptors (Lipinski definition) is 4. The summed E-state index contributed by atoms with van der Waals surface area (Å²) in [4.78, 5) is 12.5. The molecule has 1 aliphatic carbocycles. The van der Waals surface area contributed by atoms with Crippen molar-refractivity contribution < 1.29 is 14.3 Å². The van der Waals surface area contributed by atoms with Crippen LogP contribution >= 0.6 is 12.4 Å². The fourth-order valence-electron chi connectivity index (χ4n) is 3.66. The summed E-state index contributed by atoms with van der Waals surface area (Å²) >= 11 is 0. The number of carbonyl (C=O) groups excluding carboxylic acids is 1. The zero-order valence-corrected chi connectivity index (χ0v) is 16.4. The van der Waals surface area contributed by atoms with E-state index in [2.05, 4.69) is 5.32 Å². The molecule has 1 saturated heterocycles. The molecule has 2 unspecified atom stereocenters. The van der Waals surface area contributed by atoms with Crippen molar-refractivity contribution >= 4 is 24.0 Å². The standard InChI is InChI=1S/C20H30N2O3.ClH/c1-14-5-6-18(22-20(23)16-3-2-4-17(21)11-16)12-19(14)25-13-15-7-9-24-10-8-15;/h5-6,12,15-17H,2-4,7-11,13,21H2,1H3,(H,22,23);1H. The van der Waals surface area contributed by atoms with Crippen LogP contribution in [0.3, 0.4) is 0 Å². The van der Waals surface area contributed by atoms with Gasteiger partial charge >= 0.3 is 0 Å². The third-order valence-corrected chi connectivity index (χ3v) is 5.36. The molecular formula is C20H31ClN2O3. The fourth-order valence-corrected chi connectivity index (χ4v) is 3.66. The van der Waals surface area contributed by atoms with E-state index in [1.807, 2.05) is 25.1 Å². The van der Waals surface area contributed by atoms with Crippen molar-refractivity contribution in [2.45, 2.75) is 51.5 Å². The van der Waals surface area contributed by atoms with Crippen LogP contribution in [0.25, 0.3) is 0 Å². The third kappa shape index (κ3) is 5.86. The lowest BCUT2D eigenvalue weighted by Crippen LogP contribution is -2.34. The molecule has 1 heterocycles. The van der Waals surface area contributed by atoms with Crippen molar-refractivity contribution in [1.29, 1.82) is 0 Å². The Hall–Kier alpha value is -1.30. The van der Waals surface area contributed by atoms with Crippen molar-refractivity contribution in [2.75, 3.05) is 25.1 Å². The van der Waals surface area contributed by atoms with Crippen LogP contribution in [0.2, 0.25) is 0 Å². The summed E-state index contributed by atoms with van der Waals surface area (Å²) in [5.41, 5.74) is 7.89. The number of rotatable bonds is 5. The summed E-state index contributed by atoms with van der Waals surface area (Å²) in [6, 6.07) is 6.04. The molecule has 2 atom stereocenters. The average molecular weight is 383 g/mol. The molecule has 0 aromatic heterocycles. The molecule has 1 amide bonds. The Balaban J connectivity index is 0.00000243. The first-order valence-electron chi connectivity index (χ1n) is 9.49. The molecule has 1 saturated carbocycles. The van der Waals surface area contributed by atoms with Crippen LogP contribution in [-0.4, -0.2) is 31.8 Å². The van der Waals surface area contributed by atoms with Crippen molar-refractivity contribution in [3.8, 4) is 5.75 Å². The Morgan fingerprint density at radius 1 is 1.27 bits per heavy atom. The lowest BCUT2D eigenvalue weighted by Gasteiger charge is -2.26. The van der Waals surface area contributed by atoms with E-state index in [4.69, 9.17) is 15.2 Å². The maximum atomic E-state index is 12.5. The maximum absolute atomic E-state index is 12.5. The van der Waals surface area contributed by atoms with Crippen LogP contribution in [-0.2, 0) is 9.53 Å². The summed E-state index contributed by atoms with van der Waals surface area (Å²) in [5, 5.41) is 3.04. The minimum Gasteiger partial charge on any atom is -0.493 e. The lowest BCUT2D eigenvalue weighted by atomic mass is 9.85. The number of anilines is 1. The Morgan fingerprint density at radius 2 is 2.04 bits per heavy atom. The van der Waals surface area contributed by atoms with Gasteiger partial charge in [-0.25, -0.2) is 0 Å². The molecule has 2 fully saturated rings. The second-order valence-corrected chi connectivity index (χ2v) is 7.46. The molecule has 0 radical (unpaired) electrons. The molecule has 0 bridgehead atoms. The van der Waals surface area contributed by atoms with Gasteiger partial charge in [-0.3, -0.25) is 4.79 Å². The van der Waals surface area contributed by atoms with E-state index in [9.17, 15) is 4.79 Å². The minimum absolute atomic E-state index is 0. The summed E-state index contributed by atoms with van der Waals surface area (Å²) in [7, 11) is 0. The molecule has 3 N–H and O–H groups in total. The number of nitrogens with one attached hydrogen (secondary N) is 1. The highest BCUT2D eigenvalue weighted by molar-refractivity contribution is 5.92. The fraction of sp³-hybridized carbons (Fsp3) is 0.650. The van der Waals surface area contributed by atoms with Gasteiger partial charge in [-0.05, 0) is 56.6 Å². The number of ether oxygens (including phenoxy) is 2.